The van der Waals surface area contributed by atoms with Crippen LogP contribution < -0.4 is 4.74 Å². The highest BCUT2D eigenvalue weighted by Gasteiger charge is 2.20. The third-order valence-corrected chi connectivity index (χ3v) is 3.24. The summed E-state index contributed by atoms with van der Waals surface area (Å²) in [6.07, 6.45) is 0. The number of rotatable bonds is 3. The molecule has 0 amide bonds. The van der Waals surface area contributed by atoms with Gasteiger partial charge in [-0.05, 0) is 18.2 Å². The van der Waals surface area contributed by atoms with Gasteiger partial charge < -0.3 is 22.0 Å². The van der Waals surface area contributed by atoms with Crippen molar-refractivity contribution >= 4 is 24.7 Å². The molecule has 0 saturated carbocycles. The molecule has 22 heavy (non-hydrogen) atoms. The van der Waals surface area contributed by atoms with Crippen LogP contribution in [0.4, 0.5) is 23.0 Å². The molecule has 9 heteroatoms. The molecule has 0 N–H and O–H groups in total. The van der Waals surface area contributed by atoms with Gasteiger partial charge in [0.25, 0.3) is 0 Å². The van der Waals surface area contributed by atoms with Crippen molar-refractivity contribution in [1.29, 1.82) is 5.39 Å². The Hall–Kier alpha value is -2.21. The topological polar surface area (TPSA) is 37.4 Å². The predicted octanol–water partition coefficient (Wildman–Crippen LogP) is 5.63. The summed E-state index contributed by atoms with van der Waals surface area (Å²) in [5.74, 6) is 0.563. The Morgan fingerprint density at radius 1 is 1.00 bits per heavy atom. The van der Waals surface area contributed by atoms with Gasteiger partial charge in [0.2, 0.25) is 11.1 Å². The molecule has 0 aromatic heterocycles. The number of hydrogen-bond donors (Lipinski definition) is 0. The molecule has 0 spiro atoms. The number of nitrogens with zero attached hydrogens (tertiary/aromatic N) is 2. The van der Waals surface area contributed by atoms with Gasteiger partial charge >= 0.3 is 12.9 Å². The molecule has 0 heterocycles. The Kier molecular flexibility index (Phi) is 6.72. The molecule has 0 radical (unpaired) electrons. The summed E-state index contributed by atoms with van der Waals surface area (Å²) in [6, 6.07) is 15.5. The fourth-order valence-electron chi connectivity index (χ4n) is 1.43. The van der Waals surface area contributed by atoms with Crippen LogP contribution in [-0.2, 0) is 0 Å². The van der Waals surface area contributed by atoms with Gasteiger partial charge in [0.1, 0.15) is 0 Å². The summed E-state index contributed by atoms with van der Waals surface area (Å²) in [7, 11) is -4.44. The Morgan fingerprint density at radius 2 is 1.59 bits per heavy atom. The summed E-state index contributed by atoms with van der Waals surface area (Å²) < 4.78 is 44.1. The van der Waals surface area contributed by atoms with Crippen molar-refractivity contribution in [3.8, 4) is 5.75 Å². The molecule has 2 rings (SSSR count). The quantitative estimate of drug-likeness (QED) is 0.416. The van der Waals surface area contributed by atoms with E-state index in [1.807, 2.05) is 42.5 Å². The number of methoxy groups -OCH3 is 1. The normalized spacial score (nSPS) is 10.2. The van der Waals surface area contributed by atoms with Crippen molar-refractivity contribution in [2.24, 2.45) is 0 Å². The van der Waals surface area contributed by atoms with Crippen molar-refractivity contribution in [1.82, 2.24) is 0 Å². The lowest BCUT2D eigenvalue weighted by atomic mass is 10.3. The summed E-state index contributed by atoms with van der Waals surface area (Å²) in [4.78, 5) is 5.35. The van der Waals surface area contributed by atoms with E-state index >= 15 is 0 Å². The zero-order chi connectivity index (χ0) is 16.6. The average molecular weight is 330 g/mol. The van der Waals surface area contributed by atoms with Gasteiger partial charge in [-0.15, -0.1) is 0 Å². The van der Waals surface area contributed by atoms with Gasteiger partial charge in [-0.25, -0.2) is 0 Å². The second kappa shape index (κ2) is 8.29. The maximum Gasteiger partial charge on any atom is 0.673 e. The molecule has 0 aliphatic rings. The maximum atomic E-state index is 9.75. The van der Waals surface area contributed by atoms with Crippen LogP contribution in [0, 0.1) is 5.39 Å². The number of halogens is 4. The number of ether oxygens (including phenoxy) is 1. The lowest BCUT2D eigenvalue weighted by Gasteiger charge is -2.02. The van der Waals surface area contributed by atoms with Crippen molar-refractivity contribution in [3.05, 3.63) is 53.5 Å². The highest BCUT2D eigenvalue weighted by molar-refractivity contribution is 7.99. The molecule has 3 nitrogen and oxygen atoms in total. The monoisotopic (exact) mass is 330 g/mol. The minimum absolute atomic E-state index is 0.435. The zero-order valence-corrected chi connectivity index (χ0v) is 12.2. The van der Waals surface area contributed by atoms with E-state index in [1.54, 1.807) is 24.9 Å². The van der Waals surface area contributed by atoms with E-state index in [2.05, 4.69) is 4.98 Å². The van der Waals surface area contributed by atoms with Crippen LogP contribution in [0.3, 0.4) is 0 Å². The Labute approximate surface area is 129 Å². The Balaban J connectivity index is 0.000000422. The SMILES string of the molecule is COc1cc(Sc2ccccc2)ccc1[N+]#N.F[B-](F)(F)F. The molecule has 116 valence electrons. The van der Waals surface area contributed by atoms with Crippen molar-refractivity contribution in [3.63, 3.8) is 0 Å². The van der Waals surface area contributed by atoms with Crippen LogP contribution in [0.25, 0.3) is 4.98 Å². The molecule has 0 bridgehead atoms. The summed E-state index contributed by atoms with van der Waals surface area (Å²) >= 11 is 1.63. The van der Waals surface area contributed by atoms with E-state index in [0.717, 1.165) is 9.79 Å². The molecule has 0 saturated heterocycles. The molecule has 0 aliphatic heterocycles. The van der Waals surface area contributed by atoms with Gasteiger partial charge in [-0.3, -0.25) is 0 Å². The smallest absolute Gasteiger partial charge is 0.489 e. The first-order valence-corrected chi connectivity index (χ1v) is 6.78. The molecule has 0 atom stereocenters. The first-order chi connectivity index (χ1) is 10.3. The van der Waals surface area contributed by atoms with Gasteiger partial charge in [-0.2, -0.15) is 0 Å². The second-order valence-electron chi connectivity index (χ2n) is 3.84. The highest BCUT2D eigenvalue weighted by Crippen LogP contribution is 2.35. The third kappa shape index (κ3) is 6.99. The first kappa shape index (κ1) is 17.8. The zero-order valence-electron chi connectivity index (χ0n) is 11.4. The number of benzene rings is 2. The molecule has 0 fully saturated rings. The molecule has 0 aliphatic carbocycles. The molecule has 2 aromatic rings. The van der Waals surface area contributed by atoms with E-state index in [4.69, 9.17) is 10.1 Å². The van der Waals surface area contributed by atoms with E-state index in [1.165, 1.54) is 0 Å². The van der Waals surface area contributed by atoms with E-state index in [9.17, 15) is 17.3 Å². The fraction of sp³-hybridized carbons (Fsp3) is 0.0769. The van der Waals surface area contributed by atoms with E-state index in [-0.39, 0.29) is 0 Å². The number of diazo groups is 1. The standard InChI is InChI=1S/C13H11N2OS.BF4/c1-16-13-9-11(7-8-12(13)15-14)17-10-5-3-2-4-6-10;2-1(3,4)5/h2-9H,1H3;/q+1;-1. The summed E-state index contributed by atoms with van der Waals surface area (Å²) in [5.41, 5.74) is 0.435. The van der Waals surface area contributed by atoms with E-state index in [0.29, 0.717) is 11.4 Å². The fourth-order valence-corrected chi connectivity index (χ4v) is 2.30. The predicted molar refractivity (Wildman–Crippen MR) is 78.5 cm³/mol. The van der Waals surface area contributed by atoms with Crippen LogP contribution >= 0.6 is 11.8 Å². The van der Waals surface area contributed by atoms with E-state index < -0.39 is 7.25 Å². The van der Waals surface area contributed by atoms with Crippen LogP contribution in [0.5, 0.6) is 5.75 Å². The van der Waals surface area contributed by atoms with Crippen LogP contribution in [0.2, 0.25) is 0 Å². The molecule has 2 aromatic carbocycles. The van der Waals surface area contributed by atoms with Gasteiger partial charge in [0.15, 0.2) is 4.98 Å². The van der Waals surface area contributed by atoms with Gasteiger partial charge in [0.05, 0.1) is 7.11 Å². The van der Waals surface area contributed by atoms with Crippen LogP contribution in [0.15, 0.2) is 58.3 Å². The first-order valence-electron chi connectivity index (χ1n) is 5.97. The maximum absolute atomic E-state index is 9.75. The Morgan fingerprint density at radius 3 is 2.09 bits per heavy atom. The van der Waals surface area contributed by atoms with Crippen molar-refractivity contribution in [2.75, 3.05) is 7.11 Å². The van der Waals surface area contributed by atoms with Crippen molar-refractivity contribution < 1.29 is 22.0 Å². The summed E-state index contributed by atoms with van der Waals surface area (Å²) in [5, 5.41) is 8.77. The minimum atomic E-state index is -6.00. The minimum Gasteiger partial charge on any atom is -0.489 e. The third-order valence-electron chi connectivity index (χ3n) is 2.24. The average Bonchev–Trinajstić information content (AvgIpc) is 2.46. The van der Waals surface area contributed by atoms with Crippen molar-refractivity contribution in [2.45, 2.75) is 9.79 Å². The van der Waals surface area contributed by atoms with Gasteiger partial charge in [0, 0.05) is 21.9 Å². The van der Waals surface area contributed by atoms with Gasteiger partial charge in [-0.1, -0.05) is 30.0 Å². The van der Waals surface area contributed by atoms with Crippen LogP contribution in [-0.4, -0.2) is 14.4 Å². The highest BCUT2D eigenvalue weighted by atomic mass is 32.2. The molecule has 0 unspecified atom stereocenters. The van der Waals surface area contributed by atoms with Crippen LogP contribution in [0.1, 0.15) is 0 Å². The second-order valence-corrected chi connectivity index (χ2v) is 4.99. The largest absolute Gasteiger partial charge is 0.673 e. The number of hydrogen-bond acceptors (Lipinski definition) is 3. The lowest BCUT2D eigenvalue weighted by molar-refractivity contribution is 0.368. The summed E-state index contributed by atoms with van der Waals surface area (Å²) in [6.45, 7) is 0. The Bertz CT molecular complexity index is 641. The molecular weight excluding hydrogens is 319 g/mol. The molecular formula is C13H11BF4N2OS. The lowest BCUT2D eigenvalue weighted by Crippen LogP contribution is -2.02.